The van der Waals surface area contributed by atoms with Crippen LogP contribution in [0.25, 0.3) is 0 Å². The van der Waals surface area contributed by atoms with Crippen molar-refractivity contribution in [1.29, 1.82) is 0 Å². The number of hydrogen-bond acceptors (Lipinski definition) is 5. The number of ether oxygens (including phenoxy) is 1. The first kappa shape index (κ1) is 12.2. The molecule has 3 saturated heterocycles. The standard InChI is InChI=1S/C10H15NO3S3/c12-17(13)5-8-9(6-17)16-10(15)11(8)4-7-2-1-3-14-7/h7-9H,1-6H2/t7-,8-,9-/m1/s1. The van der Waals surface area contributed by atoms with Gasteiger partial charge in [0, 0.05) is 18.4 Å². The molecule has 0 N–H and O–H groups in total. The molecule has 0 saturated carbocycles. The first-order chi connectivity index (χ1) is 8.05. The SMILES string of the molecule is O=S1(=O)C[C@@H]2[C@@H](C1)SC(=S)N2C[C@H]1CCCO1. The summed E-state index contributed by atoms with van der Waals surface area (Å²) in [5.41, 5.74) is 0. The van der Waals surface area contributed by atoms with Gasteiger partial charge in [0.1, 0.15) is 4.32 Å². The van der Waals surface area contributed by atoms with Gasteiger partial charge in [-0.2, -0.15) is 0 Å². The zero-order valence-corrected chi connectivity index (χ0v) is 11.8. The molecule has 0 aliphatic carbocycles. The molecule has 3 aliphatic heterocycles. The van der Waals surface area contributed by atoms with Gasteiger partial charge in [0.05, 0.1) is 23.7 Å². The van der Waals surface area contributed by atoms with Crippen LogP contribution in [0.15, 0.2) is 0 Å². The predicted octanol–water partition coefficient (Wildman–Crippen LogP) is 0.665. The molecule has 96 valence electrons. The second-order valence-electron chi connectivity index (χ2n) is 4.85. The Morgan fingerprint density at radius 2 is 2.29 bits per heavy atom. The number of thiocarbonyl (C=S) groups is 1. The van der Waals surface area contributed by atoms with Gasteiger partial charge in [0.2, 0.25) is 0 Å². The van der Waals surface area contributed by atoms with Crippen molar-refractivity contribution in [3.05, 3.63) is 0 Å². The van der Waals surface area contributed by atoms with Crippen molar-refractivity contribution in [2.24, 2.45) is 0 Å². The summed E-state index contributed by atoms with van der Waals surface area (Å²) < 4.78 is 29.7. The Balaban J connectivity index is 1.72. The lowest BCUT2D eigenvalue weighted by Gasteiger charge is -2.26. The first-order valence-corrected chi connectivity index (χ1v) is 8.95. The predicted molar refractivity (Wildman–Crippen MR) is 72.1 cm³/mol. The zero-order valence-electron chi connectivity index (χ0n) is 9.37. The van der Waals surface area contributed by atoms with Crippen LogP contribution in [0, 0.1) is 0 Å². The number of fused-ring (bicyclic) bond motifs is 1. The molecular formula is C10H15NO3S3. The molecule has 0 aromatic heterocycles. The number of thioether (sulfide) groups is 1. The maximum Gasteiger partial charge on any atom is 0.153 e. The third-order valence-electron chi connectivity index (χ3n) is 3.58. The van der Waals surface area contributed by atoms with Crippen LogP contribution in [0.1, 0.15) is 12.8 Å². The molecule has 0 unspecified atom stereocenters. The van der Waals surface area contributed by atoms with Crippen LogP contribution < -0.4 is 0 Å². The van der Waals surface area contributed by atoms with Gasteiger partial charge in [-0.05, 0) is 12.8 Å². The number of rotatable bonds is 2. The van der Waals surface area contributed by atoms with Gasteiger partial charge in [0.15, 0.2) is 9.84 Å². The second kappa shape index (κ2) is 4.36. The summed E-state index contributed by atoms with van der Waals surface area (Å²) in [7, 11) is -2.86. The van der Waals surface area contributed by atoms with E-state index < -0.39 is 9.84 Å². The maximum atomic E-state index is 11.6. The highest BCUT2D eigenvalue weighted by Crippen LogP contribution is 2.38. The monoisotopic (exact) mass is 293 g/mol. The Morgan fingerprint density at radius 3 is 3.00 bits per heavy atom. The molecule has 3 atom stereocenters. The Hall–Kier alpha value is 0.150. The minimum absolute atomic E-state index is 0.0849. The topological polar surface area (TPSA) is 46.6 Å². The van der Waals surface area contributed by atoms with E-state index in [2.05, 4.69) is 4.90 Å². The van der Waals surface area contributed by atoms with E-state index in [4.69, 9.17) is 17.0 Å². The van der Waals surface area contributed by atoms with Gasteiger partial charge in [-0.3, -0.25) is 0 Å². The highest BCUT2D eigenvalue weighted by Gasteiger charge is 2.48. The molecule has 4 nitrogen and oxygen atoms in total. The molecular weight excluding hydrogens is 278 g/mol. The number of sulfone groups is 1. The summed E-state index contributed by atoms with van der Waals surface area (Å²) in [5, 5.41) is 0.147. The smallest absolute Gasteiger partial charge is 0.153 e. The van der Waals surface area contributed by atoms with Crippen LogP contribution in [0.2, 0.25) is 0 Å². The van der Waals surface area contributed by atoms with Crippen LogP contribution >= 0.6 is 24.0 Å². The lowest BCUT2D eigenvalue weighted by Crippen LogP contribution is -2.41. The summed E-state index contributed by atoms with van der Waals surface area (Å²) in [5.74, 6) is 0.544. The van der Waals surface area contributed by atoms with E-state index >= 15 is 0 Å². The summed E-state index contributed by atoms with van der Waals surface area (Å²) >= 11 is 6.90. The lowest BCUT2D eigenvalue weighted by molar-refractivity contribution is 0.0874. The first-order valence-electron chi connectivity index (χ1n) is 5.84. The molecule has 3 aliphatic rings. The summed E-state index contributed by atoms with van der Waals surface area (Å²) in [6, 6.07) is 0.0849. The van der Waals surface area contributed by atoms with Crippen molar-refractivity contribution in [3.63, 3.8) is 0 Å². The average Bonchev–Trinajstić information content (AvgIpc) is 2.87. The highest BCUT2D eigenvalue weighted by molar-refractivity contribution is 8.24. The Morgan fingerprint density at radius 1 is 1.47 bits per heavy atom. The fraction of sp³-hybridized carbons (Fsp3) is 0.900. The van der Waals surface area contributed by atoms with E-state index in [1.807, 2.05) is 0 Å². The molecule has 3 fully saturated rings. The van der Waals surface area contributed by atoms with Crippen molar-refractivity contribution >= 4 is 38.1 Å². The summed E-state index contributed by atoms with van der Waals surface area (Å²) in [6.45, 7) is 1.59. The molecule has 3 heterocycles. The largest absolute Gasteiger partial charge is 0.376 e. The third-order valence-corrected chi connectivity index (χ3v) is 7.25. The van der Waals surface area contributed by atoms with E-state index in [1.54, 1.807) is 11.8 Å². The Kier molecular flexibility index (Phi) is 3.13. The van der Waals surface area contributed by atoms with E-state index in [9.17, 15) is 8.42 Å². The van der Waals surface area contributed by atoms with E-state index in [0.29, 0.717) is 0 Å². The highest BCUT2D eigenvalue weighted by atomic mass is 32.2. The quantitative estimate of drug-likeness (QED) is 0.697. The van der Waals surface area contributed by atoms with Crippen LogP contribution in [-0.2, 0) is 14.6 Å². The molecule has 0 radical (unpaired) electrons. The van der Waals surface area contributed by atoms with E-state index in [0.717, 1.165) is 30.3 Å². The van der Waals surface area contributed by atoms with Gasteiger partial charge in [0.25, 0.3) is 0 Å². The minimum Gasteiger partial charge on any atom is -0.376 e. The van der Waals surface area contributed by atoms with Crippen molar-refractivity contribution in [3.8, 4) is 0 Å². The molecule has 17 heavy (non-hydrogen) atoms. The lowest BCUT2D eigenvalue weighted by atomic mass is 10.2. The van der Waals surface area contributed by atoms with E-state index in [-0.39, 0.29) is 28.9 Å². The fourth-order valence-corrected chi connectivity index (χ4v) is 7.14. The minimum atomic E-state index is -2.86. The molecule has 0 spiro atoms. The second-order valence-corrected chi connectivity index (χ2v) is 8.88. The van der Waals surface area contributed by atoms with Crippen LogP contribution in [0.4, 0.5) is 0 Å². The average molecular weight is 293 g/mol. The summed E-state index contributed by atoms with van der Waals surface area (Å²) in [4.78, 5) is 2.09. The van der Waals surface area contributed by atoms with E-state index in [1.165, 1.54) is 0 Å². The van der Waals surface area contributed by atoms with Gasteiger partial charge < -0.3 is 9.64 Å². The van der Waals surface area contributed by atoms with Crippen molar-refractivity contribution in [2.75, 3.05) is 24.7 Å². The van der Waals surface area contributed by atoms with Crippen LogP contribution in [0.3, 0.4) is 0 Å². The van der Waals surface area contributed by atoms with Crippen LogP contribution in [0.5, 0.6) is 0 Å². The molecule has 7 heteroatoms. The van der Waals surface area contributed by atoms with Crippen molar-refractivity contribution in [2.45, 2.75) is 30.2 Å². The third kappa shape index (κ3) is 2.34. The number of nitrogens with zero attached hydrogens (tertiary/aromatic N) is 1. The van der Waals surface area contributed by atoms with Gasteiger partial charge in [-0.15, -0.1) is 0 Å². The molecule has 0 bridgehead atoms. The Bertz CT molecular complexity index is 430. The normalized spacial score (nSPS) is 39.9. The summed E-state index contributed by atoms with van der Waals surface area (Å²) in [6.07, 6.45) is 2.40. The maximum absolute atomic E-state index is 11.6. The number of hydrogen-bond donors (Lipinski definition) is 0. The zero-order chi connectivity index (χ0) is 12.0. The van der Waals surface area contributed by atoms with Gasteiger partial charge >= 0.3 is 0 Å². The van der Waals surface area contributed by atoms with Crippen molar-refractivity contribution < 1.29 is 13.2 Å². The van der Waals surface area contributed by atoms with Gasteiger partial charge in [-0.25, -0.2) is 8.42 Å². The molecule has 0 aromatic carbocycles. The van der Waals surface area contributed by atoms with Crippen LogP contribution in [-0.4, -0.2) is 59.7 Å². The molecule has 3 rings (SSSR count). The molecule has 0 amide bonds. The van der Waals surface area contributed by atoms with Gasteiger partial charge in [-0.1, -0.05) is 24.0 Å². The molecule has 0 aromatic rings. The fourth-order valence-electron chi connectivity index (χ4n) is 2.75. The van der Waals surface area contributed by atoms with Crippen molar-refractivity contribution in [1.82, 2.24) is 4.90 Å². The Labute approximate surface area is 111 Å².